The van der Waals surface area contributed by atoms with Gasteiger partial charge in [-0.15, -0.1) is 0 Å². The van der Waals surface area contributed by atoms with Crippen LogP contribution in [0.1, 0.15) is 5.69 Å². The van der Waals surface area contributed by atoms with E-state index >= 15 is 0 Å². The van der Waals surface area contributed by atoms with Crippen molar-refractivity contribution in [2.24, 2.45) is 0 Å². The Labute approximate surface area is 119 Å². The number of benzene rings is 2. The Bertz CT molecular complexity index is 732. The first-order chi connectivity index (χ1) is 8.55. The number of hydrogen-bond donors (Lipinski definition) is 0. The molecule has 0 saturated heterocycles. The second-order valence-corrected chi connectivity index (χ2v) is 6.33. The summed E-state index contributed by atoms with van der Waals surface area (Å²) in [5.74, 6) is 0. The molecule has 0 N–H and O–H groups in total. The van der Waals surface area contributed by atoms with Gasteiger partial charge < -0.3 is 0 Å². The molecule has 3 aromatic rings. The maximum atomic E-state index is 5.85. The molecular formula is C14H8Cl3N. The highest BCUT2D eigenvalue weighted by Crippen LogP contribution is 2.38. The van der Waals surface area contributed by atoms with Crippen LogP contribution in [0.4, 0.5) is 0 Å². The van der Waals surface area contributed by atoms with Gasteiger partial charge in [-0.25, -0.2) is 4.98 Å². The monoisotopic (exact) mass is 295 g/mol. The molecule has 0 unspecified atom stereocenters. The van der Waals surface area contributed by atoms with Gasteiger partial charge in [0.2, 0.25) is 3.79 Å². The van der Waals surface area contributed by atoms with Gasteiger partial charge in [0.15, 0.2) is 0 Å². The zero-order valence-corrected chi connectivity index (χ0v) is 11.5. The van der Waals surface area contributed by atoms with E-state index in [0.29, 0.717) is 5.69 Å². The topological polar surface area (TPSA) is 12.9 Å². The minimum atomic E-state index is -1.49. The smallest absolute Gasteiger partial charge is 0.232 e. The van der Waals surface area contributed by atoms with Crippen LogP contribution in [0.25, 0.3) is 21.7 Å². The lowest BCUT2D eigenvalue weighted by Crippen LogP contribution is -2.03. The van der Waals surface area contributed by atoms with Crippen LogP contribution in [-0.4, -0.2) is 4.98 Å². The molecule has 0 amide bonds. The van der Waals surface area contributed by atoms with Crippen LogP contribution in [0.15, 0.2) is 48.5 Å². The van der Waals surface area contributed by atoms with Crippen LogP contribution in [0.5, 0.6) is 0 Å². The highest BCUT2D eigenvalue weighted by molar-refractivity contribution is 6.66. The van der Waals surface area contributed by atoms with Crippen molar-refractivity contribution in [2.45, 2.75) is 3.79 Å². The van der Waals surface area contributed by atoms with Crippen molar-refractivity contribution in [1.29, 1.82) is 0 Å². The predicted octanol–water partition coefficient (Wildman–Crippen LogP) is 5.21. The number of alkyl halides is 3. The summed E-state index contributed by atoms with van der Waals surface area (Å²) in [6.07, 6.45) is 0. The summed E-state index contributed by atoms with van der Waals surface area (Å²) in [4.78, 5) is 4.40. The van der Waals surface area contributed by atoms with E-state index in [1.807, 2.05) is 30.3 Å². The van der Waals surface area contributed by atoms with E-state index in [2.05, 4.69) is 17.1 Å². The summed E-state index contributed by atoms with van der Waals surface area (Å²) in [7, 11) is 0. The third kappa shape index (κ3) is 2.03. The highest BCUT2D eigenvalue weighted by Gasteiger charge is 2.24. The Morgan fingerprint density at radius 1 is 0.778 bits per heavy atom. The minimum Gasteiger partial charge on any atom is -0.248 e. The molecule has 18 heavy (non-hydrogen) atoms. The van der Waals surface area contributed by atoms with Gasteiger partial charge in [0.05, 0.1) is 11.2 Å². The molecule has 0 aliphatic carbocycles. The Kier molecular flexibility index (Phi) is 2.86. The zero-order chi connectivity index (χ0) is 12.8. The van der Waals surface area contributed by atoms with Crippen LogP contribution in [0, 0.1) is 0 Å². The molecule has 0 aliphatic heterocycles. The Morgan fingerprint density at radius 3 is 2.33 bits per heavy atom. The minimum absolute atomic E-state index is 0.440. The molecule has 0 spiro atoms. The van der Waals surface area contributed by atoms with E-state index < -0.39 is 3.79 Å². The number of nitrogens with zero attached hydrogens (tertiary/aromatic N) is 1. The molecule has 0 aliphatic rings. The van der Waals surface area contributed by atoms with E-state index in [-0.39, 0.29) is 0 Å². The average molecular weight is 297 g/mol. The van der Waals surface area contributed by atoms with Crippen LogP contribution in [0.3, 0.4) is 0 Å². The average Bonchev–Trinajstić information content (AvgIpc) is 2.37. The fourth-order valence-corrected chi connectivity index (χ4v) is 2.36. The largest absolute Gasteiger partial charge is 0.248 e. The summed E-state index contributed by atoms with van der Waals surface area (Å²) >= 11 is 17.5. The molecule has 0 atom stereocenters. The van der Waals surface area contributed by atoms with Crippen molar-refractivity contribution in [1.82, 2.24) is 4.98 Å². The first-order valence-electron chi connectivity index (χ1n) is 5.41. The molecular weight excluding hydrogens is 289 g/mol. The number of aromatic nitrogens is 1. The highest BCUT2D eigenvalue weighted by atomic mass is 35.6. The Hall–Kier alpha value is -1.02. The lowest BCUT2D eigenvalue weighted by molar-refractivity contribution is 1.12. The number of fused-ring (bicyclic) bond motifs is 3. The van der Waals surface area contributed by atoms with Crippen molar-refractivity contribution < 1.29 is 0 Å². The van der Waals surface area contributed by atoms with Crippen molar-refractivity contribution >= 4 is 56.5 Å². The summed E-state index contributed by atoms with van der Waals surface area (Å²) < 4.78 is -1.49. The molecule has 0 radical (unpaired) electrons. The van der Waals surface area contributed by atoms with Gasteiger partial charge in [0.1, 0.15) is 0 Å². The van der Waals surface area contributed by atoms with Crippen molar-refractivity contribution in [3.05, 3.63) is 54.2 Å². The fraction of sp³-hybridized carbons (Fsp3) is 0.0714. The molecule has 2 aromatic carbocycles. The summed E-state index contributed by atoms with van der Waals surface area (Å²) in [5, 5.41) is 3.39. The summed E-state index contributed by atoms with van der Waals surface area (Å²) in [6, 6.07) is 15.8. The first-order valence-corrected chi connectivity index (χ1v) is 6.55. The number of hydrogen-bond acceptors (Lipinski definition) is 1. The molecule has 90 valence electrons. The normalized spacial score (nSPS) is 12.2. The van der Waals surface area contributed by atoms with Gasteiger partial charge in [-0.1, -0.05) is 71.2 Å². The molecule has 0 saturated carbocycles. The second kappa shape index (κ2) is 4.27. The maximum Gasteiger partial charge on any atom is 0.232 e. The molecule has 0 fully saturated rings. The lowest BCUT2D eigenvalue weighted by Gasteiger charge is -2.11. The third-order valence-corrected chi connectivity index (χ3v) is 3.47. The molecule has 4 heteroatoms. The zero-order valence-electron chi connectivity index (χ0n) is 9.20. The van der Waals surface area contributed by atoms with E-state index in [1.54, 1.807) is 6.07 Å². The maximum absolute atomic E-state index is 5.85. The van der Waals surface area contributed by atoms with Gasteiger partial charge >= 0.3 is 0 Å². The molecule has 1 heterocycles. The number of halogens is 3. The first kappa shape index (κ1) is 12.0. The van der Waals surface area contributed by atoms with Crippen LogP contribution in [-0.2, 0) is 3.79 Å². The predicted molar refractivity (Wildman–Crippen MR) is 78.5 cm³/mol. The number of pyridine rings is 1. The lowest BCUT2D eigenvalue weighted by atomic mass is 10.1. The van der Waals surface area contributed by atoms with E-state index in [4.69, 9.17) is 34.8 Å². The van der Waals surface area contributed by atoms with Crippen LogP contribution < -0.4 is 0 Å². The van der Waals surface area contributed by atoms with E-state index in [9.17, 15) is 0 Å². The summed E-state index contributed by atoms with van der Waals surface area (Å²) in [6.45, 7) is 0. The van der Waals surface area contributed by atoms with Gasteiger partial charge in [-0.3, -0.25) is 0 Å². The molecule has 0 bridgehead atoms. The van der Waals surface area contributed by atoms with Crippen LogP contribution in [0.2, 0.25) is 0 Å². The van der Waals surface area contributed by atoms with E-state index in [0.717, 1.165) is 16.3 Å². The second-order valence-electron chi connectivity index (χ2n) is 4.05. The Morgan fingerprint density at radius 2 is 1.56 bits per heavy atom. The van der Waals surface area contributed by atoms with Gasteiger partial charge in [0.25, 0.3) is 0 Å². The van der Waals surface area contributed by atoms with Crippen molar-refractivity contribution in [2.75, 3.05) is 0 Å². The SMILES string of the molecule is ClC(Cl)(Cl)c1ccc2c(ccc3ccccc32)n1. The molecule has 3 rings (SSSR count). The molecule has 1 nitrogen and oxygen atoms in total. The quantitative estimate of drug-likeness (QED) is 0.410. The fourth-order valence-electron chi connectivity index (χ4n) is 2.04. The molecule has 1 aromatic heterocycles. The van der Waals surface area contributed by atoms with Gasteiger partial charge in [-0.05, 0) is 22.9 Å². The van der Waals surface area contributed by atoms with Gasteiger partial charge in [-0.2, -0.15) is 0 Å². The van der Waals surface area contributed by atoms with Crippen LogP contribution >= 0.6 is 34.8 Å². The van der Waals surface area contributed by atoms with Crippen molar-refractivity contribution in [3.63, 3.8) is 0 Å². The third-order valence-electron chi connectivity index (χ3n) is 2.89. The van der Waals surface area contributed by atoms with Crippen molar-refractivity contribution in [3.8, 4) is 0 Å². The number of rotatable bonds is 0. The Balaban J connectivity index is 2.35. The summed E-state index contributed by atoms with van der Waals surface area (Å²) in [5.41, 5.74) is 1.27. The van der Waals surface area contributed by atoms with E-state index in [1.165, 1.54) is 5.39 Å². The standard InChI is InChI=1S/C14H8Cl3N/c15-14(16,17)13-8-6-11-10-4-2-1-3-9(10)5-7-12(11)18-13/h1-8H. The van der Waals surface area contributed by atoms with Gasteiger partial charge in [0, 0.05) is 5.39 Å².